The topological polar surface area (TPSA) is 114 Å². The molecule has 0 aliphatic carbocycles. The zero-order chi connectivity index (χ0) is 20.3. The van der Waals surface area contributed by atoms with Crippen molar-refractivity contribution in [3.05, 3.63) is 35.7 Å². The van der Waals surface area contributed by atoms with Crippen LogP contribution in [-0.2, 0) is 19.6 Å². The molecule has 28 heavy (non-hydrogen) atoms. The van der Waals surface area contributed by atoms with Gasteiger partial charge in [0, 0.05) is 25.7 Å². The van der Waals surface area contributed by atoms with Gasteiger partial charge in [-0.2, -0.15) is 0 Å². The highest BCUT2D eigenvalue weighted by molar-refractivity contribution is 7.92. The van der Waals surface area contributed by atoms with Gasteiger partial charge in [-0.1, -0.05) is 0 Å². The molecule has 2 N–H and O–H groups in total. The van der Waals surface area contributed by atoms with Gasteiger partial charge < -0.3 is 15.0 Å². The van der Waals surface area contributed by atoms with E-state index in [-0.39, 0.29) is 10.8 Å². The van der Waals surface area contributed by atoms with Crippen molar-refractivity contribution in [3.63, 3.8) is 0 Å². The Morgan fingerprint density at radius 3 is 2.18 bits per heavy atom. The molecule has 1 fully saturated rings. The second kappa shape index (κ2) is 8.11. The first-order valence-electron chi connectivity index (χ1n) is 8.84. The maximum Gasteiger partial charge on any atom is 0.262 e. The number of carbonyl (C=O) groups is 1. The largest absolute Gasteiger partial charge is 0.378 e. The van der Waals surface area contributed by atoms with Gasteiger partial charge in [0.2, 0.25) is 11.9 Å². The van der Waals surface area contributed by atoms with Crippen molar-refractivity contribution < 1.29 is 17.9 Å². The van der Waals surface area contributed by atoms with E-state index in [4.69, 9.17) is 4.74 Å². The summed E-state index contributed by atoms with van der Waals surface area (Å²) in [4.78, 5) is 22.1. The molecule has 1 amide bonds. The van der Waals surface area contributed by atoms with Gasteiger partial charge in [0.15, 0.2) is 0 Å². The smallest absolute Gasteiger partial charge is 0.262 e. The summed E-state index contributed by atoms with van der Waals surface area (Å²) in [5.41, 5.74) is 1.99. The van der Waals surface area contributed by atoms with E-state index in [0.717, 1.165) is 0 Å². The predicted octanol–water partition coefficient (Wildman–Crippen LogP) is 1.69. The zero-order valence-electron chi connectivity index (χ0n) is 16.0. The van der Waals surface area contributed by atoms with E-state index in [1.165, 1.54) is 31.2 Å². The van der Waals surface area contributed by atoms with Crippen molar-refractivity contribution in [3.8, 4) is 0 Å². The summed E-state index contributed by atoms with van der Waals surface area (Å²) in [6.45, 7) is 7.51. The van der Waals surface area contributed by atoms with Crippen molar-refractivity contribution in [2.24, 2.45) is 0 Å². The Labute approximate surface area is 164 Å². The lowest BCUT2D eigenvalue weighted by Crippen LogP contribution is -2.37. The molecule has 10 heteroatoms. The third kappa shape index (κ3) is 4.57. The molecule has 1 aromatic carbocycles. The highest BCUT2D eigenvalue weighted by Gasteiger charge is 2.21. The second-order valence-corrected chi connectivity index (χ2v) is 8.16. The lowest BCUT2D eigenvalue weighted by molar-refractivity contribution is -0.114. The Bertz CT molecular complexity index is 947. The number of nitrogens with zero attached hydrogens (tertiary/aromatic N) is 3. The van der Waals surface area contributed by atoms with Crippen LogP contribution in [0.2, 0.25) is 0 Å². The number of morpholine rings is 1. The fourth-order valence-corrected chi connectivity index (χ4v) is 4.04. The molecule has 0 unspecified atom stereocenters. The molecule has 1 aliphatic rings. The van der Waals surface area contributed by atoms with Crippen LogP contribution in [0.25, 0.3) is 0 Å². The number of rotatable bonds is 5. The maximum absolute atomic E-state index is 12.7. The van der Waals surface area contributed by atoms with Gasteiger partial charge in [0.25, 0.3) is 10.0 Å². The Hall–Kier alpha value is -2.72. The highest BCUT2D eigenvalue weighted by atomic mass is 32.2. The first-order valence-corrected chi connectivity index (χ1v) is 10.3. The molecule has 1 aromatic heterocycles. The summed E-state index contributed by atoms with van der Waals surface area (Å²) in [5.74, 6) is 0.346. The fourth-order valence-electron chi connectivity index (χ4n) is 2.87. The van der Waals surface area contributed by atoms with Gasteiger partial charge in [-0.05, 0) is 38.1 Å². The monoisotopic (exact) mass is 405 g/mol. The van der Waals surface area contributed by atoms with Crippen LogP contribution in [0.5, 0.6) is 0 Å². The summed E-state index contributed by atoms with van der Waals surface area (Å²) < 4.78 is 33.4. The Kier molecular flexibility index (Phi) is 5.80. The summed E-state index contributed by atoms with van der Waals surface area (Å²) in [7, 11) is -3.82. The molecule has 0 atom stereocenters. The number of nitrogens with one attached hydrogen (secondary N) is 2. The van der Waals surface area contributed by atoms with Crippen LogP contribution < -0.4 is 14.9 Å². The maximum atomic E-state index is 12.7. The third-order valence-electron chi connectivity index (χ3n) is 4.27. The van der Waals surface area contributed by atoms with Crippen LogP contribution in [0.3, 0.4) is 0 Å². The number of anilines is 3. The van der Waals surface area contributed by atoms with Crippen LogP contribution in [0.15, 0.2) is 29.2 Å². The van der Waals surface area contributed by atoms with Gasteiger partial charge in [-0.3, -0.25) is 9.52 Å². The van der Waals surface area contributed by atoms with Crippen LogP contribution in [0.4, 0.5) is 17.3 Å². The Balaban J connectivity index is 1.82. The van der Waals surface area contributed by atoms with Crippen molar-refractivity contribution in [2.75, 3.05) is 41.2 Å². The van der Waals surface area contributed by atoms with Crippen LogP contribution in [-0.4, -0.2) is 50.6 Å². The number of benzene rings is 1. The lowest BCUT2D eigenvalue weighted by Gasteiger charge is -2.27. The van der Waals surface area contributed by atoms with Gasteiger partial charge in [-0.25, -0.2) is 18.4 Å². The average molecular weight is 405 g/mol. The molecule has 0 saturated carbocycles. The molecule has 1 saturated heterocycles. The molecule has 2 aromatic rings. The minimum atomic E-state index is -3.82. The minimum Gasteiger partial charge on any atom is -0.378 e. The second-order valence-electron chi connectivity index (χ2n) is 6.48. The van der Waals surface area contributed by atoms with E-state index in [9.17, 15) is 13.2 Å². The first kappa shape index (κ1) is 20.0. The Morgan fingerprint density at radius 1 is 1.07 bits per heavy atom. The number of aryl methyl sites for hydroxylation is 2. The number of hydrogen-bond acceptors (Lipinski definition) is 7. The summed E-state index contributed by atoms with van der Waals surface area (Å²) in [5, 5.41) is 2.60. The summed E-state index contributed by atoms with van der Waals surface area (Å²) >= 11 is 0. The van der Waals surface area contributed by atoms with E-state index < -0.39 is 10.0 Å². The van der Waals surface area contributed by atoms with Crippen molar-refractivity contribution in [2.45, 2.75) is 25.7 Å². The molecule has 2 heterocycles. The summed E-state index contributed by atoms with van der Waals surface area (Å²) in [6.07, 6.45) is 0. The summed E-state index contributed by atoms with van der Waals surface area (Å²) in [6, 6.07) is 5.93. The number of ether oxygens (including phenoxy) is 1. The highest BCUT2D eigenvalue weighted by Crippen LogP contribution is 2.24. The fraction of sp³-hybridized carbons (Fsp3) is 0.389. The molecule has 0 bridgehead atoms. The van der Waals surface area contributed by atoms with E-state index >= 15 is 0 Å². The Morgan fingerprint density at radius 2 is 1.64 bits per heavy atom. The van der Waals surface area contributed by atoms with Gasteiger partial charge in [-0.15, -0.1) is 0 Å². The first-order chi connectivity index (χ1) is 13.3. The standard InChI is InChI=1S/C18H23N5O4S/c1-12-17(13(2)20-18(19-12)23-8-10-27-11-9-23)22-28(25,26)16-6-4-15(5-7-16)21-14(3)24/h4-7,22H,8-11H2,1-3H3,(H,21,24). The number of amides is 1. The molecule has 150 valence electrons. The normalized spacial score (nSPS) is 14.6. The van der Waals surface area contributed by atoms with Crippen LogP contribution in [0, 0.1) is 13.8 Å². The molecule has 9 nitrogen and oxygen atoms in total. The van der Waals surface area contributed by atoms with Gasteiger partial charge >= 0.3 is 0 Å². The van der Waals surface area contributed by atoms with E-state index in [0.29, 0.717) is 55.0 Å². The quantitative estimate of drug-likeness (QED) is 0.778. The number of hydrogen-bond donors (Lipinski definition) is 2. The molecular formula is C18H23N5O4S. The van der Waals surface area contributed by atoms with Crippen molar-refractivity contribution in [1.82, 2.24) is 9.97 Å². The van der Waals surface area contributed by atoms with Crippen LogP contribution in [0.1, 0.15) is 18.3 Å². The predicted molar refractivity (Wildman–Crippen MR) is 106 cm³/mol. The molecule has 0 radical (unpaired) electrons. The third-order valence-corrected chi connectivity index (χ3v) is 5.64. The number of aromatic nitrogens is 2. The van der Waals surface area contributed by atoms with E-state index in [1.807, 2.05) is 4.90 Å². The molecular weight excluding hydrogens is 382 g/mol. The molecule has 3 rings (SSSR count). The van der Waals surface area contributed by atoms with Crippen molar-refractivity contribution >= 4 is 33.3 Å². The van der Waals surface area contributed by atoms with E-state index in [1.54, 1.807) is 13.8 Å². The average Bonchev–Trinajstić information content (AvgIpc) is 2.65. The van der Waals surface area contributed by atoms with Gasteiger partial charge in [0.05, 0.1) is 35.2 Å². The lowest BCUT2D eigenvalue weighted by atomic mass is 10.3. The molecule has 1 aliphatic heterocycles. The van der Waals surface area contributed by atoms with Gasteiger partial charge in [0.1, 0.15) is 0 Å². The van der Waals surface area contributed by atoms with E-state index in [2.05, 4.69) is 20.0 Å². The SMILES string of the molecule is CC(=O)Nc1ccc(S(=O)(=O)Nc2c(C)nc(N3CCOCC3)nc2C)cc1. The van der Waals surface area contributed by atoms with Crippen molar-refractivity contribution in [1.29, 1.82) is 0 Å². The number of sulfonamides is 1. The molecule has 0 spiro atoms. The zero-order valence-corrected chi connectivity index (χ0v) is 16.8. The van der Waals surface area contributed by atoms with Crippen LogP contribution >= 0.6 is 0 Å². The number of carbonyl (C=O) groups excluding carboxylic acids is 1. The minimum absolute atomic E-state index is 0.0812.